The average Bonchev–Trinajstić information content (AvgIpc) is 3.29. The summed E-state index contributed by atoms with van der Waals surface area (Å²) in [4.78, 5) is 4.41. The number of halogens is 4. The number of nitrogens with zero attached hydrogens (tertiary/aromatic N) is 3. The first-order valence-electron chi connectivity index (χ1n) is 8.17. The van der Waals surface area contributed by atoms with Gasteiger partial charge in [-0.2, -0.15) is 18.3 Å². The SMILES string of the molecule is COCc1nn2c(C(F)(F)F)cc(-c3ccco3)nc2c1-c1ccc(Cl)cc1. The Morgan fingerprint density at radius 2 is 1.93 bits per heavy atom. The van der Waals surface area contributed by atoms with Crippen molar-refractivity contribution in [2.45, 2.75) is 12.8 Å². The number of furan rings is 1. The van der Waals surface area contributed by atoms with Gasteiger partial charge in [-0.05, 0) is 35.9 Å². The summed E-state index contributed by atoms with van der Waals surface area (Å²) in [7, 11) is 1.45. The van der Waals surface area contributed by atoms with Gasteiger partial charge in [-0.25, -0.2) is 9.50 Å². The van der Waals surface area contributed by atoms with Gasteiger partial charge in [-0.15, -0.1) is 0 Å². The monoisotopic (exact) mass is 407 g/mol. The summed E-state index contributed by atoms with van der Waals surface area (Å²) in [6.45, 7) is 0.0225. The number of benzene rings is 1. The van der Waals surface area contributed by atoms with E-state index >= 15 is 0 Å². The van der Waals surface area contributed by atoms with Gasteiger partial charge in [-0.3, -0.25) is 0 Å². The van der Waals surface area contributed by atoms with Gasteiger partial charge in [0.25, 0.3) is 0 Å². The summed E-state index contributed by atoms with van der Waals surface area (Å²) < 4.78 is 52.4. The van der Waals surface area contributed by atoms with Crippen LogP contribution in [0.1, 0.15) is 11.4 Å². The zero-order chi connectivity index (χ0) is 19.9. The molecule has 0 saturated carbocycles. The van der Waals surface area contributed by atoms with Gasteiger partial charge in [0.2, 0.25) is 0 Å². The Balaban J connectivity index is 2.07. The zero-order valence-corrected chi connectivity index (χ0v) is 15.3. The number of rotatable bonds is 4. The zero-order valence-electron chi connectivity index (χ0n) is 14.5. The van der Waals surface area contributed by atoms with Crippen LogP contribution in [0.3, 0.4) is 0 Å². The molecule has 0 unspecified atom stereocenters. The molecule has 0 bridgehead atoms. The van der Waals surface area contributed by atoms with E-state index in [4.69, 9.17) is 20.8 Å². The molecule has 0 saturated heterocycles. The molecule has 5 nitrogen and oxygen atoms in total. The van der Waals surface area contributed by atoms with Crippen LogP contribution >= 0.6 is 11.6 Å². The molecule has 0 aliphatic carbocycles. The Labute approximate surface area is 162 Å². The standard InChI is InChI=1S/C19H13ClF3N3O2/c1-27-10-14-17(11-4-6-12(20)7-5-11)18-24-13(15-3-2-8-28-15)9-16(19(21,22)23)26(18)25-14/h2-9H,10H2,1H3. The van der Waals surface area contributed by atoms with Crippen LogP contribution in [-0.4, -0.2) is 21.7 Å². The molecule has 0 N–H and O–H groups in total. The molecule has 1 aromatic carbocycles. The largest absolute Gasteiger partial charge is 0.463 e. The van der Waals surface area contributed by atoms with Crippen LogP contribution in [0.2, 0.25) is 5.02 Å². The van der Waals surface area contributed by atoms with E-state index in [9.17, 15) is 13.2 Å². The number of hydrogen-bond acceptors (Lipinski definition) is 4. The number of fused-ring (bicyclic) bond motifs is 1. The first-order valence-corrected chi connectivity index (χ1v) is 8.55. The molecule has 0 aliphatic rings. The summed E-state index contributed by atoms with van der Waals surface area (Å²) in [5.74, 6) is 0.226. The van der Waals surface area contributed by atoms with E-state index in [0.29, 0.717) is 21.8 Å². The molecule has 4 aromatic rings. The van der Waals surface area contributed by atoms with E-state index in [0.717, 1.165) is 10.6 Å². The fourth-order valence-corrected chi connectivity index (χ4v) is 3.09. The lowest BCUT2D eigenvalue weighted by Gasteiger charge is -2.10. The maximum atomic E-state index is 13.8. The van der Waals surface area contributed by atoms with Crippen molar-refractivity contribution >= 4 is 17.2 Å². The molecule has 0 radical (unpaired) electrons. The second-order valence-corrected chi connectivity index (χ2v) is 6.44. The van der Waals surface area contributed by atoms with E-state index in [1.807, 2.05) is 0 Å². The predicted octanol–water partition coefficient (Wildman–Crippen LogP) is 5.47. The van der Waals surface area contributed by atoms with Gasteiger partial charge in [0.05, 0.1) is 24.1 Å². The van der Waals surface area contributed by atoms with Crippen LogP contribution in [0.25, 0.3) is 28.2 Å². The third-order valence-corrected chi connectivity index (χ3v) is 4.39. The average molecular weight is 408 g/mol. The Hall–Kier alpha value is -2.84. The molecule has 0 atom stereocenters. The summed E-state index contributed by atoms with van der Waals surface area (Å²) >= 11 is 5.95. The second-order valence-electron chi connectivity index (χ2n) is 6.00. The molecule has 0 aliphatic heterocycles. The van der Waals surface area contributed by atoms with Crippen molar-refractivity contribution < 1.29 is 22.3 Å². The van der Waals surface area contributed by atoms with Gasteiger partial charge < -0.3 is 9.15 Å². The Morgan fingerprint density at radius 1 is 1.18 bits per heavy atom. The minimum absolute atomic E-state index is 0.0225. The molecule has 9 heteroatoms. The van der Waals surface area contributed by atoms with Crippen LogP contribution in [0.4, 0.5) is 13.2 Å². The first kappa shape index (κ1) is 18.5. The minimum Gasteiger partial charge on any atom is -0.463 e. The number of methoxy groups -OCH3 is 1. The van der Waals surface area contributed by atoms with E-state index in [1.54, 1.807) is 36.4 Å². The lowest BCUT2D eigenvalue weighted by atomic mass is 10.1. The Kier molecular flexibility index (Phi) is 4.60. The number of alkyl halides is 3. The fourth-order valence-electron chi connectivity index (χ4n) is 2.96. The maximum absolute atomic E-state index is 13.8. The van der Waals surface area contributed by atoms with Crippen LogP contribution < -0.4 is 0 Å². The van der Waals surface area contributed by atoms with Gasteiger partial charge >= 0.3 is 6.18 Å². The molecule has 28 heavy (non-hydrogen) atoms. The van der Waals surface area contributed by atoms with E-state index < -0.39 is 11.9 Å². The summed E-state index contributed by atoms with van der Waals surface area (Å²) in [5.41, 5.74) is 0.557. The summed E-state index contributed by atoms with van der Waals surface area (Å²) in [6, 6.07) is 10.8. The highest BCUT2D eigenvalue weighted by Gasteiger charge is 2.36. The van der Waals surface area contributed by atoms with Crippen molar-refractivity contribution in [3.05, 3.63) is 65.1 Å². The van der Waals surface area contributed by atoms with Crippen LogP contribution in [0.5, 0.6) is 0 Å². The molecule has 0 fully saturated rings. The minimum atomic E-state index is -4.64. The summed E-state index contributed by atoms with van der Waals surface area (Å²) in [5, 5.41) is 4.64. The quantitative estimate of drug-likeness (QED) is 0.450. The first-order chi connectivity index (χ1) is 13.4. The third kappa shape index (κ3) is 3.25. The molecule has 0 amide bonds. The highest BCUT2D eigenvalue weighted by molar-refractivity contribution is 6.30. The van der Waals surface area contributed by atoms with Crippen molar-refractivity contribution in [3.8, 4) is 22.6 Å². The maximum Gasteiger partial charge on any atom is 0.433 e. The molecule has 3 aromatic heterocycles. The number of ether oxygens (including phenoxy) is 1. The second kappa shape index (κ2) is 6.96. The van der Waals surface area contributed by atoms with Crippen molar-refractivity contribution in [2.24, 2.45) is 0 Å². The van der Waals surface area contributed by atoms with Gasteiger partial charge in [0.15, 0.2) is 17.1 Å². The number of aromatic nitrogens is 3. The summed E-state index contributed by atoms with van der Waals surface area (Å²) in [6.07, 6.45) is -3.27. The van der Waals surface area contributed by atoms with Gasteiger partial charge in [0.1, 0.15) is 5.69 Å². The van der Waals surface area contributed by atoms with Gasteiger partial charge in [0, 0.05) is 12.1 Å². The van der Waals surface area contributed by atoms with E-state index in [-0.39, 0.29) is 23.7 Å². The highest BCUT2D eigenvalue weighted by Crippen LogP contribution is 2.36. The van der Waals surface area contributed by atoms with Crippen molar-refractivity contribution in [1.82, 2.24) is 14.6 Å². The van der Waals surface area contributed by atoms with Crippen LogP contribution in [0, 0.1) is 0 Å². The lowest BCUT2D eigenvalue weighted by molar-refractivity contribution is -0.142. The molecule has 4 rings (SSSR count). The fraction of sp³-hybridized carbons (Fsp3) is 0.158. The molecule has 144 valence electrons. The Morgan fingerprint density at radius 3 is 2.54 bits per heavy atom. The van der Waals surface area contributed by atoms with Crippen molar-refractivity contribution in [1.29, 1.82) is 0 Å². The highest BCUT2D eigenvalue weighted by atomic mass is 35.5. The lowest BCUT2D eigenvalue weighted by Crippen LogP contribution is -2.13. The van der Waals surface area contributed by atoms with E-state index in [2.05, 4.69) is 10.1 Å². The van der Waals surface area contributed by atoms with Crippen molar-refractivity contribution in [2.75, 3.05) is 7.11 Å². The molecule has 3 heterocycles. The topological polar surface area (TPSA) is 52.6 Å². The predicted molar refractivity (Wildman–Crippen MR) is 96.9 cm³/mol. The van der Waals surface area contributed by atoms with Crippen LogP contribution in [-0.2, 0) is 17.5 Å². The van der Waals surface area contributed by atoms with Crippen LogP contribution in [0.15, 0.2) is 53.1 Å². The smallest absolute Gasteiger partial charge is 0.433 e. The normalized spacial score (nSPS) is 12.0. The van der Waals surface area contributed by atoms with Gasteiger partial charge in [-0.1, -0.05) is 23.7 Å². The molecular weight excluding hydrogens is 395 g/mol. The Bertz CT molecular complexity index is 1120. The molecule has 0 spiro atoms. The van der Waals surface area contributed by atoms with E-state index in [1.165, 1.54) is 13.4 Å². The number of hydrogen-bond donors (Lipinski definition) is 0. The molecular formula is C19H13ClF3N3O2. The van der Waals surface area contributed by atoms with Crippen molar-refractivity contribution in [3.63, 3.8) is 0 Å². The third-order valence-electron chi connectivity index (χ3n) is 4.14.